The normalized spacial score (nSPS) is 17.9. The average molecular weight is 575 g/mol. The summed E-state index contributed by atoms with van der Waals surface area (Å²) >= 11 is 0. The van der Waals surface area contributed by atoms with Crippen LogP contribution in [-0.4, -0.2) is 52.8 Å². The topological polar surface area (TPSA) is 144 Å². The van der Waals surface area contributed by atoms with Gasteiger partial charge in [0.25, 0.3) is 5.69 Å². The molecule has 1 aromatic heterocycles. The van der Waals surface area contributed by atoms with Crippen LogP contribution < -0.4 is 14.8 Å². The van der Waals surface area contributed by atoms with Gasteiger partial charge in [0.15, 0.2) is 11.5 Å². The van der Waals surface area contributed by atoms with Crippen molar-refractivity contribution >= 4 is 17.6 Å². The number of hydrogen-bond acceptors (Lipinski definition) is 10. The van der Waals surface area contributed by atoms with Gasteiger partial charge in [0.1, 0.15) is 25.1 Å². The van der Waals surface area contributed by atoms with Crippen LogP contribution >= 0.6 is 0 Å². The van der Waals surface area contributed by atoms with Crippen molar-refractivity contribution in [3.05, 3.63) is 105 Å². The number of non-ortho nitro benzene ring substituents is 1. The number of carbonyl (C=O) groups is 2. The Bertz CT molecular complexity index is 1590. The van der Waals surface area contributed by atoms with Crippen LogP contribution in [0.15, 0.2) is 83.5 Å². The van der Waals surface area contributed by atoms with Gasteiger partial charge in [-0.25, -0.2) is 14.6 Å². The van der Waals surface area contributed by atoms with Crippen LogP contribution in [0.2, 0.25) is 0 Å². The fourth-order valence-electron chi connectivity index (χ4n) is 5.21. The molecule has 3 aromatic rings. The number of ether oxygens (including phenoxy) is 4. The number of hydrogen-bond donors (Lipinski definition) is 1. The molecule has 42 heavy (non-hydrogen) atoms. The lowest BCUT2D eigenvalue weighted by Crippen LogP contribution is -2.33. The third-order valence-corrected chi connectivity index (χ3v) is 7.14. The number of imidazole rings is 1. The summed E-state index contributed by atoms with van der Waals surface area (Å²) in [5.74, 6) is -0.119. The minimum absolute atomic E-state index is 0.0156. The summed E-state index contributed by atoms with van der Waals surface area (Å²) in [6.07, 6.45) is 3.72. The lowest BCUT2D eigenvalue weighted by molar-refractivity contribution is -0.384. The fraction of sp³-hybridized carbons (Fsp3) is 0.300. The highest BCUT2D eigenvalue weighted by Crippen LogP contribution is 2.40. The molecular weight excluding hydrogens is 544 g/mol. The summed E-state index contributed by atoms with van der Waals surface area (Å²) in [5, 5.41) is 14.5. The van der Waals surface area contributed by atoms with Crippen LogP contribution in [0.4, 0.5) is 5.69 Å². The maximum atomic E-state index is 13.5. The molecule has 1 N–H and O–H groups in total. The molecule has 0 spiro atoms. The van der Waals surface area contributed by atoms with Gasteiger partial charge in [0, 0.05) is 42.3 Å². The quantitative estimate of drug-likeness (QED) is 0.227. The number of allylic oxidation sites excluding steroid dienone is 2. The number of nitro groups is 1. The van der Waals surface area contributed by atoms with E-state index in [0.29, 0.717) is 48.0 Å². The number of fused-ring (bicyclic) bond motifs is 1. The lowest BCUT2D eigenvalue weighted by Gasteiger charge is -2.30. The molecule has 0 bridgehead atoms. The van der Waals surface area contributed by atoms with Gasteiger partial charge < -0.3 is 28.8 Å². The summed E-state index contributed by atoms with van der Waals surface area (Å²) in [4.78, 5) is 41.8. The van der Waals surface area contributed by atoms with Crippen LogP contribution in [0.25, 0.3) is 0 Å². The summed E-state index contributed by atoms with van der Waals surface area (Å²) in [7, 11) is 1.24. The van der Waals surface area contributed by atoms with E-state index in [1.807, 2.05) is 28.8 Å². The number of carbonyl (C=O) groups excluding carboxylic acids is 2. The van der Waals surface area contributed by atoms with E-state index in [9.17, 15) is 19.7 Å². The molecule has 2 aromatic carbocycles. The smallest absolute Gasteiger partial charge is 0.336 e. The van der Waals surface area contributed by atoms with Crippen LogP contribution in [0, 0.1) is 10.1 Å². The van der Waals surface area contributed by atoms with E-state index in [2.05, 4.69) is 10.3 Å². The molecule has 3 heterocycles. The predicted molar refractivity (Wildman–Crippen MR) is 150 cm³/mol. The minimum Gasteiger partial charge on any atom is -0.486 e. The zero-order valence-corrected chi connectivity index (χ0v) is 23.4. The Morgan fingerprint density at radius 3 is 2.57 bits per heavy atom. The molecule has 2 aliphatic heterocycles. The molecule has 0 saturated heterocycles. The number of methoxy groups -OCH3 is 1. The molecule has 0 saturated carbocycles. The van der Waals surface area contributed by atoms with E-state index in [4.69, 9.17) is 18.9 Å². The van der Waals surface area contributed by atoms with Crippen molar-refractivity contribution in [2.45, 2.75) is 38.8 Å². The van der Waals surface area contributed by atoms with Gasteiger partial charge in [-0.05, 0) is 31.5 Å². The molecule has 2 aliphatic rings. The Morgan fingerprint density at radius 1 is 1.10 bits per heavy atom. The number of para-hydroxylation sites is 2. The maximum Gasteiger partial charge on any atom is 0.336 e. The largest absolute Gasteiger partial charge is 0.486 e. The van der Waals surface area contributed by atoms with Gasteiger partial charge in [0.05, 0.1) is 35.6 Å². The Morgan fingerprint density at radius 2 is 1.83 bits per heavy atom. The first-order valence-electron chi connectivity index (χ1n) is 13.3. The van der Waals surface area contributed by atoms with Crippen molar-refractivity contribution in [2.75, 3.05) is 20.3 Å². The molecular formula is C30H30N4O8. The van der Waals surface area contributed by atoms with E-state index in [1.165, 1.54) is 25.3 Å². The predicted octanol–water partition coefficient (Wildman–Crippen LogP) is 3.83. The van der Waals surface area contributed by atoms with Gasteiger partial charge in [-0.15, -0.1) is 0 Å². The molecule has 0 amide bonds. The Labute approximate surface area is 241 Å². The number of rotatable bonds is 9. The van der Waals surface area contributed by atoms with Gasteiger partial charge in [0.2, 0.25) is 0 Å². The molecule has 2 unspecified atom stereocenters. The van der Waals surface area contributed by atoms with Crippen LogP contribution in [0.1, 0.15) is 31.2 Å². The van der Waals surface area contributed by atoms with Crippen LogP contribution in [0.5, 0.6) is 11.5 Å². The van der Waals surface area contributed by atoms with E-state index in [0.717, 1.165) is 5.82 Å². The second-order valence-corrected chi connectivity index (χ2v) is 9.85. The maximum absolute atomic E-state index is 13.5. The van der Waals surface area contributed by atoms with Gasteiger partial charge in [-0.1, -0.05) is 24.3 Å². The molecule has 0 aliphatic carbocycles. The first-order valence-corrected chi connectivity index (χ1v) is 13.3. The van der Waals surface area contributed by atoms with Crippen molar-refractivity contribution in [3.8, 4) is 11.5 Å². The first-order chi connectivity index (χ1) is 20.3. The summed E-state index contributed by atoms with van der Waals surface area (Å²) in [6.45, 7) is 4.10. The van der Waals surface area contributed by atoms with Gasteiger partial charge in [-0.3, -0.25) is 10.1 Å². The second kappa shape index (κ2) is 12.2. The zero-order valence-electron chi connectivity index (χ0n) is 23.4. The van der Waals surface area contributed by atoms with Crippen molar-refractivity contribution < 1.29 is 33.5 Å². The van der Waals surface area contributed by atoms with Crippen LogP contribution in [0.3, 0.4) is 0 Å². The first kappa shape index (κ1) is 28.4. The number of nitrogens with one attached hydrogen (secondary N) is 1. The second-order valence-electron chi connectivity index (χ2n) is 9.85. The molecule has 218 valence electrons. The van der Waals surface area contributed by atoms with Gasteiger partial charge in [-0.2, -0.15) is 0 Å². The van der Waals surface area contributed by atoms with Crippen molar-refractivity contribution in [2.24, 2.45) is 0 Å². The monoisotopic (exact) mass is 574 g/mol. The Hall–Kier alpha value is -5.13. The molecule has 2 atom stereocenters. The number of benzene rings is 2. The summed E-state index contributed by atoms with van der Waals surface area (Å²) in [5.41, 5.74) is 1.51. The van der Waals surface area contributed by atoms with E-state index in [1.54, 1.807) is 32.3 Å². The molecule has 5 rings (SSSR count). The van der Waals surface area contributed by atoms with Gasteiger partial charge >= 0.3 is 11.9 Å². The molecule has 0 fully saturated rings. The number of dihydropyridines is 1. The average Bonchev–Trinajstić information content (AvgIpc) is 3.42. The lowest BCUT2D eigenvalue weighted by atomic mass is 9.80. The molecule has 12 heteroatoms. The number of nitrogens with zero attached hydrogens (tertiary/aromatic N) is 3. The van der Waals surface area contributed by atoms with E-state index in [-0.39, 0.29) is 29.5 Å². The Balaban J connectivity index is 1.31. The van der Waals surface area contributed by atoms with E-state index < -0.39 is 22.8 Å². The Kier molecular flexibility index (Phi) is 8.23. The molecule has 0 radical (unpaired) electrons. The van der Waals surface area contributed by atoms with E-state index >= 15 is 0 Å². The third-order valence-electron chi connectivity index (χ3n) is 7.14. The minimum atomic E-state index is -0.929. The number of esters is 2. The highest BCUT2D eigenvalue weighted by molar-refractivity contribution is 5.99. The summed E-state index contributed by atoms with van der Waals surface area (Å²) < 4.78 is 24.4. The SMILES string of the molecule is COC(=O)C1=C(C)NC(C)=C(C(=O)OCCn2ccnc2CC2COc3ccccc3O2)C1c1cccc([N+](=O)[O-])c1. The third kappa shape index (κ3) is 5.82. The van der Waals surface area contributed by atoms with Crippen LogP contribution in [-0.2, 0) is 32.0 Å². The highest BCUT2D eigenvalue weighted by Gasteiger charge is 2.38. The van der Waals surface area contributed by atoms with Crippen molar-refractivity contribution in [1.82, 2.24) is 14.9 Å². The van der Waals surface area contributed by atoms with Crippen molar-refractivity contribution in [3.63, 3.8) is 0 Å². The highest BCUT2D eigenvalue weighted by atomic mass is 16.6. The zero-order chi connectivity index (χ0) is 29.8. The number of aromatic nitrogens is 2. The van der Waals surface area contributed by atoms with Crippen molar-refractivity contribution in [1.29, 1.82) is 0 Å². The standard InChI is InChI=1S/C30H30N4O8/c1-18-26(29(35)39-3)28(20-7-6-8-21(15-20)34(37)38)27(19(2)32-18)30(36)40-14-13-33-12-11-31-25(33)16-22-17-41-23-9-4-5-10-24(23)42-22/h4-12,15,22,28,32H,13-14,16-17H2,1-3H3. The summed E-state index contributed by atoms with van der Waals surface area (Å²) in [6, 6.07) is 13.3. The fourth-order valence-corrected chi connectivity index (χ4v) is 5.21. The molecule has 12 nitrogen and oxygen atoms in total. The number of nitro benzene ring substituents is 1.